The molecule has 96 valence electrons. The molecule has 0 saturated heterocycles. The lowest BCUT2D eigenvalue weighted by molar-refractivity contribution is 0.0943. The second kappa shape index (κ2) is 5.73. The molecule has 8 nitrogen and oxygen atoms in total. The molecule has 1 rings (SSSR count). The van der Waals surface area contributed by atoms with Crippen LogP contribution in [-0.2, 0) is 10.0 Å². The summed E-state index contributed by atoms with van der Waals surface area (Å²) in [6, 6.07) is 0. The Balaban J connectivity index is 2.21. The Morgan fingerprint density at radius 3 is 2.65 bits per heavy atom. The van der Waals surface area contributed by atoms with Gasteiger partial charge in [0.1, 0.15) is 5.82 Å². The van der Waals surface area contributed by atoms with E-state index in [9.17, 15) is 13.2 Å². The molecule has 0 unspecified atom stereocenters. The minimum atomic E-state index is -3.17. The Labute approximate surface area is 99.3 Å². The van der Waals surface area contributed by atoms with Gasteiger partial charge in [0.05, 0.1) is 6.26 Å². The minimum Gasteiger partial charge on any atom is -0.349 e. The predicted octanol–water partition coefficient (Wildman–Crippen LogP) is -1.22. The first kappa shape index (κ1) is 13.6. The number of H-pyrrole nitrogens is 1. The van der Waals surface area contributed by atoms with E-state index in [0.29, 0.717) is 18.8 Å². The van der Waals surface area contributed by atoms with Crippen molar-refractivity contribution in [3.8, 4) is 0 Å². The maximum atomic E-state index is 11.4. The average molecular weight is 261 g/mol. The molecule has 0 saturated carbocycles. The highest BCUT2D eigenvalue weighted by molar-refractivity contribution is 7.88. The molecule has 0 spiro atoms. The fraction of sp³-hybridized carbons (Fsp3) is 0.625. The summed E-state index contributed by atoms with van der Waals surface area (Å²) in [5, 5.41) is 8.83. The van der Waals surface area contributed by atoms with Gasteiger partial charge in [0, 0.05) is 13.1 Å². The molecule has 9 heteroatoms. The largest absolute Gasteiger partial charge is 0.349 e. The summed E-state index contributed by atoms with van der Waals surface area (Å²) in [5.41, 5.74) is 0. The van der Waals surface area contributed by atoms with Gasteiger partial charge in [-0.3, -0.25) is 9.89 Å². The zero-order chi connectivity index (χ0) is 12.9. The van der Waals surface area contributed by atoms with Crippen LogP contribution < -0.4 is 10.0 Å². The van der Waals surface area contributed by atoms with E-state index in [1.165, 1.54) is 0 Å². The number of nitrogens with zero attached hydrogens (tertiary/aromatic N) is 2. The molecule has 17 heavy (non-hydrogen) atoms. The summed E-state index contributed by atoms with van der Waals surface area (Å²) in [6.07, 6.45) is 1.59. The lowest BCUT2D eigenvalue weighted by Crippen LogP contribution is -2.29. The lowest BCUT2D eigenvalue weighted by atomic mass is 10.4. The Morgan fingerprint density at radius 2 is 2.12 bits per heavy atom. The van der Waals surface area contributed by atoms with Crippen LogP contribution in [0.25, 0.3) is 0 Å². The van der Waals surface area contributed by atoms with E-state index in [2.05, 4.69) is 25.2 Å². The number of carbonyl (C=O) groups is 1. The van der Waals surface area contributed by atoms with Crippen LogP contribution in [0.15, 0.2) is 0 Å². The van der Waals surface area contributed by atoms with Gasteiger partial charge in [0.2, 0.25) is 15.8 Å². The van der Waals surface area contributed by atoms with Crippen LogP contribution in [0.5, 0.6) is 0 Å². The molecular weight excluding hydrogens is 246 g/mol. The number of hydrogen-bond donors (Lipinski definition) is 3. The maximum Gasteiger partial charge on any atom is 0.290 e. The highest BCUT2D eigenvalue weighted by atomic mass is 32.2. The van der Waals surface area contributed by atoms with Gasteiger partial charge in [-0.2, -0.15) is 0 Å². The third kappa shape index (κ3) is 5.41. The Kier molecular flexibility index (Phi) is 4.58. The molecule has 0 aliphatic carbocycles. The molecule has 0 atom stereocenters. The van der Waals surface area contributed by atoms with Crippen molar-refractivity contribution in [2.24, 2.45) is 0 Å². The fourth-order valence-electron chi connectivity index (χ4n) is 1.07. The van der Waals surface area contributed by atoms with E-state index < -0.39 is 10.0 Å². The predicted molar refractivity (Wildman–Crippen MR) is 60.9 cm³/mol. The number of carbonyl (C=O) groups excluding carboxylic acids is 1. The first-order valence-corrected chi connectivity index (χ1v) is 6.89. The molecule has 3 N–H and O–H groups in total. The van der Waals surface area contributed by atoms with Crippen LogP contribution in [0, 0.1) is 6.92 Å². The molecular formula is C8H15N5O3S. The number of hydrogen-bond acceptors (Lipinski definition) is 5. The highest BCUT2D eigenvalue weighted by Crippen LogP contribution is 1.90. The Hall–Kier alpha value is -1.48. The fourth-order valence-corrected chi connectivity index (χ4v) is 1.59. The van der Waals surface area contributed by atoms with Crippen LogP contribution >= 0.6 is 0 Å². The molecule has 0 fully saturated rings. The lowest BCUT2D eigenvalue weighted by Gasteiger charge is -2.03. The van der Waals surface area contributed by atoms with E-state index >= 15 is 0 Å². The summed E-state index contributed by atoms with van der Waals surface area (Å²) >= 11 is 0. The summed E-state index contributed by atoms with van der Waals surface area (Å²) in [7, 11) is -3.17. The van der Waals surface area contributed by atoms with Gasteiger partial charge >= 0.3 is 0 Å². The first-order valence-electron chi connectivity index (χ1n) is 5.00. The van der Waals surface area contributed by atoms with Gasteiger partial charge in [0.15, 0.2) is 0 Å². The second-order valence-electron chi connectivity index (χ2n) is 3.52. The van der Waals surface area contributed by atoms with Crippen LogP contribution in [-0.4, -0.2) is 48.9 Å². The van der Waals surface area contributed by atoms with Gasteiger partial charge in [-0.1, -0.05) is 0 Å². The first-order chi connectivity index (χ1) is 7.88. The van der Waals surface area contributed by atoms with Crippen molar-refractivity contribution in [2.75, 3.05) is 19.3 Å². The summed E-state index contributed by atoms with van der Waals surface area (Å²) in [5.74, 6) is 0.265. The molecule has 1 heterocycles. The van der Waals surface area contributed by atoms with Gasteiger partial charge in [-0.05, 0) is 13.3 Å². The normalized spacial score (nSPS) is 11.4. The Bertz CT molecular complexity index is 481. The number of sulfonamides is 1. The van der Waals surface area contributed by atoms with Crippen LogP contribution in [0.1, 0.15) is 22.9 Å². The van der Waals surface area contributed by atoms with Crippen molar-refractivity contribution in [3.05, 3.63) is 11.6 Å². The summed E-state index contributed by atoms with van der Waals surface area (Å²) < 4.78 is 23.8. The van der Waals surface area contributed by atoms with Crippen molar-refractivity contribution in [3.63, 3.8) is 0 Å². The summed E-state index contributed by atoms with van der Waals surface area (Å²) in [4.78, 5) is 15.3. The average Bonchev–Trinajstić information content (AvgIpc) is 2.62. The zero-order valence-corrected chi connectivity index (χ0v) is 10.5. The van der Waals surface area contributed by atoms with Crippen LogP contribution in [0.4, 0.5) is 0 Å². The van der Waals surface area contributed by atoms with E-state index in [1.54, 1.807) is 6.92 Å². The quantitative estimate of drug-likeness (QED) is 0.555. The molecule has 0 radical (unpaired) electrons. The van der Waals surface area contributed by atoms with Crippen molar-refractivity contribution >= 4 is 15.9 Å². The molecule has 0 bridgehead atoms. The highest BCUT2D eigenvalue weighted by Gasteiger charge is 2.09. The van der Waals surface area contributed by atoms with Crippen LogP contribution in [0.2, 0.25) is 0 Å². The number of amides is 1. The minimum absolute atomic E-state index is 0.0820. The molecule has 0 aliphatic heterocycles. The van der Waals surface area contributed by atoms with Gasteiger partial charge in [-0.15, -0.1) is 5.10 Å². The third-order valence-electron chi connectivity index (χ3n) is 1.80. The number of aromatic amines is 1. The van der Waals surface area contributed by atoms with E-state index in [4.69, 9.17) is 0 Å². The second-order valence-corrected chi connectivity index (χ2v) is 5.35. The summed E-state index contributed by atoms with van der Waals surface area (Å²) in [6.45, 7) is 2.33. The SMILES string of the molecule is Cc1nc(C(=O)NCCCNS(C)(=O)=O)n[nH]1. The number of rotatable bonds is 6. The van der Waals surface area contributed by atoms with E-state index in [0.717, 1.165) is 6.26 Å². The smallest absolute Gasteiger partial charge is 0.290 e. The van der Waals surface area contributed by atoms with E-state index in [1.807, 2.05) is 0 Å². The van der Waals surface area contributed by atoms with Crippen molar-refractivity contribution < 1.29 is 13.2 Å². The van der Waals surface area contributed by atoms with Gasteiger partial charge < -0.3 is 5.32 Å². The maximum absolute atomic E-state index is 11.4. The van der Waals surface area contributed by atoms with Crippen LogP contribution in [0.3, 0.4) is 0 Å². The van der Waals surface area contributed by atoms with Crippen molar-refractivity contribution in [2.45, 2.75) is 13.3 Å². The number of aryl methyl sites for hydroxylation is 1. The molecule has 1 amide bonds. The molecule has 0 aliphatic rings. The Morgan fingerprint density at radius 1 is 1.41 bits per heavy atom. The van der Waals surface area contributed by atoms with E-state index in [-0.39, 0.29) is 18.3 Å². The zero-order valence-electron chi connectivity index (χ0n) is 9.65. The topological polar surface area (TPSA) is 117 Å². The monoisotopic (exact) mass is 261 g/mol. The number of nitrogens with one attached hydrogen (secondary N) is 3. The standard InChI is InChI=1S/C8H15N5O3S/c1-6-11-7(13-12-6)8(14)9-4-3-5-10-17(2,15)16/h10H,3-5H2,1-2H3,(H,9,14)(H,11,12,13). The van der Waals surface area contributed by atoms with Gasteiger partial charge in [-0.25, -0.2) is 18.1 Å². The van der Waals surface area contributed by atoms with Crippen molar-refractivity contribution in [1.29, 1.82) is 0 Å². The van der Waals surface area contributed by atoms with Crippen molar-refractivity contribution in [1.82, 2.24) is 25.2 Å². The molecule has 1 aromatic heterocycles. The molecule has 1 aromatic rings. The molecule has 0 aromatic carbocycles. The number of aromatic nitrogens is 3. The van der Waals surface area contributed by atoms with Gasteiger partial charge in [0.25, 0.3) is 5.91 Å². The third-order valence-corrected chi connectivity index (χ3v) is 2.53.